The molecule has 0 radical (unpaired) electrons. The molecule has 2 aromatic rings. The van der Waals surface area contributed by atoms with Crippen LogP contribution in [0, 0.1) is 0 Å². The normalized spacial score (nSPS) is 13.6. The third-order valence-corrected chi connectivity index (χ3v) is 5.98. The first-order valence-electron chi connectivity index (χ1n) is 8.34. The summed E-state index contributed by atoms with van der Waals surface area (Å²) in [4.78, 5) is 41.5. The van der Waals surface area contributed by atoms with Gasteiger partial charge < -0.3 is 4.84 Å². The number of benzene rings is 2. The standard InChI is InChI=1S/C19H17NO6S/c1-2-27(24,25)14-10-7-13(8-11-14)9-12-17(21)26-20-18(22)15-5-3-4-6-16(15)19(20)23/h3-8,10-11H,2,9,12H2,1H3. The van der Waals surface area contributed by atoms with Gasteiger partial charge in [-0.05, 0) is 36.2 Å². The zero-order valence-electron chi connectivity index (χ0n) is 14.5. The van der Waals surface area contributed by atoms with Crippen LogP contribution in [-0.2, 0) is 25.9 Å². The van der Waals surface area contributed by atoms with Crippen molar-refractivity contribution in [2.75, 3.05) is 5.75 Å². The van der Waals surface area contributed by atoms with Crippen molar-refractivity contribution in [1.29, 1.82) is 0 Å². The molecule has 0 saturated carbocycles. The molecular formula is C19H17NO6S. The zero-order chi connectivity index (χ0) is 19.6. The van der Waals surface area contributed by atoms with Gasteiger partial charge in [-0.15, -0.1) is 0 Å². The molecule has 8 heteroatoms. The van der Waals surface area contributed by atoms with Gasteiger partial charge in [0.25, 0.3) is 11.8 Å². The van der Waals surface area contributed by atoms with Crippen molar-refractivity contribution in [1.82, 2.24) is 5.06 Å². The molecule has 0 aromatic heterocycles. The monoisotopic (exact) mass is 387 g/mol. The Labute approximate surface area is 156 Å². The second kappa shape index (κ2) is 7.32. The summed E-state index contributed by atoms with van der Waals surface area (Å²) >= 11 is 0. The van der Waals surface area contributed by atoms with Crippen LogP contribution in [0.1, 0.15) is 39.6 Å². The van der Waals surface area contributed by atoms with Gasteiger partial charge in [-0.2, -0.15) is 0 Å². The fraction of sp³-hybridized carbons (Fsp3) is 0.211. The summed E-state index contributed by atoms with van der Waals surface area (Å²) in [5.74, 6) is -2.05. The molecule has 1 aliphatic rings. The van der Waals surface area contributed by atoms with Gasteiger partial charge in [-0.25, -0.2) is 13.2 Å². The summed E-state index contributed by atoms with van der Waals surface area (Å²) in [6.07, 6.45) is 0.224. The summed E-state index contributed by atoms with van der Waals surface area (Å²) in [6, 6.07) is 12.5. The van der Waals surface area contributed by atoms with E-state index in [0.717, 1.165) is 5.56 Å². The fourth-order valence-corrected chi connectivity index (χ4v) is 3.56. The van der Waals surface area contributed by atoms with E-state index in [9.17, 15) is 22.8 Å². The first-order chi connectivity index (χ1) is 12.8. The lowest BCUT2D eigenvalue weighted by Gasteiger charge is -2.12. The maximum Gasteiger partial charge on any atom is 0.333 e. The fourth-order valence-electron chi connectivity index (χ4n) is 2.67. The highest BCUT2D eigenvalue weighted by Gasteiger charge is 2.38. The number of amides is 2. The molecule has 2 aromatic carbocycles. The molecule has 140 valence electrons. The quantitative estimate of drug-likeness (QED) is 0.705. The van der Waals surface area contributed by atoms with Crippen molar-refractivity contribution in [2.24, 2.45) is 0 Å². The van der Waals surface area contributed by atoms with E-state index in [4.69, 9.17) is 4.84 Å². The maximum atomic E-state index is 12.1. The van der Waals surface area contributed by atoms with Crippen LogP contribution < -0.4 is 0 Å². The average Bonchev–Trinajstić information content (AvgIpc) is 2.92. The van der Waals surface area contributed by atoms with Crippen molar-refractivity contribution >= 4 is 27.6 Å². The number of rotatable bonds is 6. The number of aryl methyl sites for hydroxylation is 1. The largest absolute Gasteiger partial charge is 0.333 e. The molecule has 2 amide bonds. The third kappa shape index (κ3) is 3.75. The molecule has 1 heterocycles. The maximum absolute atomic E-state index is 12.1. The molecule has 7 nitrogen and oxygen atoms in total. The van der Waals surface area contributed by atoms with E-state index < -0.39 is 27.6 Å². The number of imide groups is 1. The molecule has 0 aliphatic carbocycles. The third-order valence-electron chi connectivity index (χ3n) is 4.23. The number of hydrogen-bond acceptors (Lipinski definition) is 6. The number of carbonyl (C=O) groups excluding carboxylic acids is 3. The van der Waals surface area contributed by atoms with E-state index in [1.807, 2.05) is 0 Å². The molecule has 0 unspecified atom stereocenters. The van der Waals surface area contributed by atoms with Gasteiger partial charge in [0.05, 0.1) is 28.2 Å². The first kappa shape index (κ1) is 18.8. The second-order valence-corrected chi connectivity index (χ2v) is 8.24. The summed E-state index contributed by atoms with van der Waals surface area (Å²) in [7, 11) is -3.27. The summed E-state index contributed by atoms with van der Waals surface area (Å²) in [5, 5.41) is 0.476. The van der Waals surface area contributed by atoms with Crippen LogP contribution in [0.25, 0.3) is 0 Å². The first-order valence-corrected chi connectivity index (χ1v) is 9.99. The molecule has 27 heavy (non-hydrogen) atoms. The Morgan fingerprint density at radius 2 is 1.52 bits per heavy atom. The highest BCUT2D eigenvalue weighted by Crippen LogP contribution is 2.23. The van der Waals surface area contributed by atoms with E-state index in [0.29, 0.717) is 5.06 Å². The predicted octanol–water partition coefficient (Wildman–Crippen LogP) is 2.17. The van der Waals surface area contributed by atoms with Crippen LogP contribution >= 0.6 is 0 Å². The minimum atomic E-state index is -3.27. The Morgan fingerprint density at radius 1 is 0.963 bits per heavy atom. The highest BCUT2D eigenvalue weighted by atomic mass is 32.2. The van der Waals surface area contributed by atoms with Crippen molar-refractivity contribution in [2.45, 2.75) is 24.7 Å². The van der Waals surface area contributed by atoms with Crippen LogP contribution in [-0.4, -0.2) is 37.0 Å². The summed E-state index contributed by atoms with van der Waals surface area (Å²) in [5.41, 5.74) is 1.13. The molecule has 0 spiro atoms. The number of hydroxylamine groups is 2. The molecule has 0 bridgehead atoms. The highest BCUT2D eigenvalue weighted by molar-refractivity contribution is 7.91. The molecule has 0 atom stereocenters. The molecule has 0 N–H and O–H groups in total. The van der Waals surface area contributed by atoms with E-state index >= 15 is 0 Å². The number of hydrogen-bond donors (Lipinski definition) is 0. The van der Waals surface area contributed by atoms with Crippen LogP contribution in [0.2, 0.25) is 0 Å². The summed E-state index contributed by atoms with van der Waals surface area (Å²) in [6.45, 7) is 1.57. The van der Waals surface area contributed by atoms with E-state index in [2.05, 4.69) is 0 Å². The van der Waals surface area contributed by atoms with Crippen LogP contribution in [0.5, 0.6) is 0 Å². The molecule has 3 rings (SSSR count). The molecule has 0 saturated heterocycles. The number of carbonyl (C=O) groups is 3. The number of sulfone groups is 1. The van der Waals surface area contributed by atoms with Gasteiger partial charge >= 0.3 is 5.97 Å². The Kier molecular flexibility index (Phi) is 5.09. The van der Waals surface area contributed by atoms with Crippen molar-refractivity contribution in [3.05, 3.63) is 65.2 Å². The van der Waals surface area contributed by atoms with Crippen LogP contribution in [0.15, 0.2) is 53.4 Å². The Bertz CT molecular complexity index is 976. The van der Waals surface area contributed by atoms with Gasteiger partial charge in [0.2, 0.25) is 0 Å². The number of nitrogens with zero attached hydrogens (tertiary/aromatic N) is 1. The minimum absolute atomic E-state index is 0.0129. The van der Waals surface area contributed by atoms with Crippen molar-refractivity contribution in [3.8, 4) is 0 Å². The topological polar surface area (TPSA) is 97.8 Å². The average molecular weight is 387 g/mol. The SMILES string of the molecule is CCS(=O)(=O)c1ccc(CCC(=O)ON2C(=O)c3ccccc3C2=O)cc1. The molecule has 1 aliphatic heterocycles. The van der Waals surface area contributed by atoms with Gasteiger partial charge in [-0.3, -0.25) is 9.59 Å². The Balaban J connectivity index is 1.60. The zero-order valence-corrected chi connectivity index (χ0v) is 15.4. The molecular weight excluding hydrogens is 370 g/mol. The van der Waals surface area contributed by atoms with Crippen LogP contribution in [0.3, 0.4) is 0 Å². The van der Waals surface area contributed by atoms with E-state index in [1.54, 1.807) is 31.2 Å². The number of fused-ring (bicyclic) bond motifs is 1. The Hall–Kier alpha value is -3.00. The van der Waals surface area contributed by atoms with E-state index in [1.165, 1.54) is 24.3 Å². The van der Waals surface area contributed by atoms with E-state index in [-0.39, 0.29) is 34.6 Å². The van der Waals surface area contributed by atoms with Gasteiger partial charge in [0.15, 0.2) is 9.84 Å². The lowest BCUT2D eigenvalue weighted by atomic mass is 10.1. The van der Waals surface area contributed by atoms with Gasteiger partial charge in [-0.1, -0.05) is 36.3 Å². The Morgan fingerprint density at radius 3 is 2.04 bits per heavy atom. The summed E-state index contributed by atoms with van der Waals surface area (Å²) < 4.78 is 23.6. The van der Waals surface area contributed by atoms with Crippen molar-refractivity contribution in [3.63, 3.8) is 0 Å². The van der Waals surface area contributed by atoms with Gasteiger partial charge in [0, 0.05) is 0 Å². The minimum Gasteiger partial charge on any atom is -0.330 e. The smallest absolute Gasteiger partial charge is 0.330 e. The molecule has 0 fully saturated rings. The van der Waals surface area contributed by atoms with Crippen molar-refractivity contribution < 1.29 is 27.6 Å². The second-order valence-electron chi connectivity index (χ2n) is 5.96. The van der Waals surface area contributed by atoms with Crippen LogP contribution in [0.4, 0.5) is 0 Å². The predicted molar refractivity (Wildman–Crippen MR) is 95.5 cm³/mol. The lowest BCUT2D eigenvalue weighted by Crippen LogP contribution is -2.32. The van der Waals surface area contributed by atoms with Gasteiger partial charge in [0.1, 0.15) is 0 Å². The lowest BCUT2D eigenvalue weighted by molar-refractivity contribution is -0.168.